The Morgan fingerprint density at radius 1 is 1.32 bits per heavy atom. The summed E-state index contributed by atoms with van der Waals surface area (Å²) < 4.78 is 0. The number of nitrogens with one attached hydrogen (secondary N) is 1. The van der Waals surface area contributed by atoms with Crippen LogP contribution >= 0.6 is 0 Å². The van der Waals surface area contributed by atoms with E-state index in [9.17, 15) is 4.79 Å². The maximum Gasteiger partial charge on any atom is 0.253 e. The number of amides is 1. The lowest BCUT2D eigenvalue weighted by molar-refractivity contribution is 0.0697. The van der Waals surface area contributed by atoms with Crippen LogP contribution in [0.2, 0.25) is 0 Å². The third-order valence-corrected chi connectivity index (χ3v) is 3.80. The Balaban J connectivity index is 2.08. The second kappa shape index (κ2) is 7.28. The third kappa shape index (κ3) is 3.86. The van der Waals surface area contributed by atoms with E-state index >= 15 is 0 Å². The minimum absolute atomic E-state index is 0.0123. The van der Waals surface area contributed by atoms with Crippen molar-refractivity contribution >= 4 is 11.6 Å². The maximum atomic E-state index is 12.5. The first-order valence-corrected chi connectivity index (χ1v) is 7.30. The third-order valence-electron chi connectivity index (χ3n) is 3.80. The van der Waals surface area contributed by atoms with Crippen LogP contribution in [-0.4, -0.2) is 23.9 Å². The van der Waals surface area contributed by atoms with E-state index in [2.05, 4.69) is 12.2 Å². The van der Waals surface area contributed by atoms with Crippen LogP contribution in [0, 0.1) is 28.6 Å². The van der Waals surface area contributed by atoms with Crippen molar-refractivity contribution in [1.82, 2.24) is 4.90 Å². The molecule has 1 heterocycles. The first-order valence-electron chi connectivity index (χ1n) is 7.30. The minimum atomic E-state index is -0.0123. The second-order valence-electron chi connectivity index (χ2n) is 5.48. The number of carbonyl (C=O) groups excluding carboxylic acids is 1. The molecule has 0 spiro atoms. The van der Waals surface area contributed by atoms with Gasteiger partial charge in [-0.05, 0) is 37.0 Å². The van der Waals surface area contributed by atoms with Gasteiger partial charge in [0.15, 0.2) is 0 Å². The number of allylic oxidation sites excluding steroid dienone is 1. The Bertz CT molecular complexity index is 642. The lowest BCUT2D eigenvalue weighted by atomic mass is 9.98. The topological polar surface area (TPSA) is 79.9 Å². The normalized spacial score (nSPS) is 14.6. The van der Waals surface area contributed by atoms with Gasteiger partial charge >= 0.3 is 0 Å². The van der Waals surface area contributed by atoms with Crippen molar-refractivity contribution in [3.63, 3.8) is 0 Å². The van der Waals surface area contributed by atoms with E-state index in [0.717, 1.165) is 25.9 Å². The van der Waals surface area contributed by atoms with Crippen LogP contribution in [0.3, 0.4) is 0 Å². The molecule has 1 N–H and O–H groups in total. The quantitative estimate of drug-likeness (QED) is 0.869. The SMILES string of the molecule is CC1CCN(C(=O)c2cccc(NC=C(C#N)C#N)c2)CC1. The van der Waals surface area contributed by atoms with Crippen molar-refractivity contribution in [1.29, 1.82) is 10.5 Å². The molecule has 1 aromatic carbocycles. The standard InChI is InChI=1S/C17H18N4O/c1-13-5-7-21(8-6-13)17(22)15-3-2-4-16(9-15)20-12-14(10-18)11-19/h2-4,9,12-13,20H,5-8H2,1H3. The first kappa shape index (κ1) is 15.6. The number of piperidine rings is 1. The van der Waals surface area contributed by atoms with E-state index in [-0.39, 0.29) is 11.5 Å². The maximum absolute atomic E-state index is 12.5. The van der Waals surface area contributed by atoms with Gasteiger partial charge in [0.1, 0.15) is 17.7 Å². The summed E-state index contributed by atoms with van der Waals surface area (Å²) >= 11 is 0. The van der Waals surface area contributed by atoms with E-state index in [1.54, 1.807) is 36.4 Å². The average Bonchev–Trinajstić information content (AvgIpc) is 2.56. The Morgan fingerprint density at radius 3 is 2.64 bits per heavy atom. The summed E-state index contributed by atoms with van der Waals surface area (Å²) in [5.41, 5.74) is 1.28. The molecule has 2 rings (SSSR count). The van der Waals surface area contributed by atoms with Gasteiger partial charge in [-0.1, -0.05) is 13.0 Å². The Kier molecular flexibility index (Phi) is 5.16. The summed E-state index contributed by atoms with van der Waals surface area (Å²) in [5, 5.41) is 20.3. The largest absolute Gasteiger partial charge is 0.360 e. The fourth-order valence-electron chi connectivity index (χ4n) is 2.38. The van der Waals surface area contributed by atoms with Gasteiger partial charge in [0.25, 0.3) is 5.91 Å². The van der Waals surface area contributed by atoms with Crippen LogP contribution < -0.4 is 5.32 Å². The van der Waals surface area contributed by atoms with Gasteiger partial charge in [-0.15, -0.1) is 0 Å². The van der Waals surface area contributed by atoms with Gasteiger partial charge in [-0.2, -0.15) is 10.5 Å². The molecule has 0 aliphatic carbocycles. The van der Waals surface area contributed by atoms with Gasteiger partial charge in [0, 0.05) is 30.5 Å². The second-order valence-corrected chi connectivity index (χ2v) is 5.48. The molecule has 0 atom stereocenters. The van der Waals surface area contributed by atoms with E-state index < -0.39 is 0 Å². The summed E-state index contributed by atoms with van der Waals surface area (Å²) in [6.45, 7) is 3.80. The van der Waals surface area contributed by atoms with Crippen molar-refractivity contribution in [2.24, 2.45) is 5.92 Å². The molecule has 5 nitrogen and oxygen atoms in total. The molecule has 0 radical (unpaired) electrons. The van der Waals surface area contributed by atoms with Gasteiger partial charge < -0.3 is 10.2 Å². The zero-order valence-corrected chi connectivity index (χ0v) is 12.5. The van der Waals surface area contributed by atoms with Gasteiger partial charge in [-0.3, -0.25) is 4.79 Å². The molecule has 1 saturated heterocycles. The predicted molar refractivity (Wildman–Crippen MR) is 83.7 cm³/mol. The first-order chi connectivity index (χ1) is 10.6. The molecule has 0 unspecified atom stereocenters. The minimum Gasteiger partial charge on any atom is -0.360 e. The molecule has 5 heteroatoms. The molecule has 1 aromatic rings. The van der Waals surface area contributed by atoms with Crippen LogP contribution in [0.4, 0.5) is 5.69 Å². The predicted octanol–water partition coefficient (Wildman–Crippen LogP) is 2.90. The highest BCUT2D eigenvalue weighted by Crippen LogP contribution is 2.19. The molecule has 1 aliphatic rings. The van der Waals surface area contributed by atoms with E-state index in [1.165, 1.54) is 6.20 Å². The van der Waals surface area contributed by atoms with Crippen molar-refractivity contribution in [3.05, 3.63) is 41.6 Å². The zero-order chi connectivity index (χ0) is 15.9. The fourth-order valence-corrected chi connectivity index (χ4v) is 2.38. The number of anilines is 1. The molecule has 0 bridgehead atoms. The number of nitriles is 2. The van der Waals surface area contributed by atoms with E-state index in [0.29, 0.717) is 17.2 Å². The Hall–Kier alpha value is -2.79. The lowest BCUT2D eigenvalue weighted by Crippen LogP contribution is -2.37. The van der Waals surface area contributed by atoms with E-state index in [1.807, 2.05) is 4.90 Å². The smallest absolute Gasteiger partial charge is 0.253 e. The molecule has 0 aromatic heterocycles. The van der Waals surface area contributed by atoms with Crippen LogP contribution in [0.15, 0.2) is 36.0 Å². The highest BCUT2D eigenvalue weighted by Gasteiger charge is 2.21. The lowest BCUT2D eigenvalue weighted by Gasteiger charge is -2.30. The van der Waals surface area contributed by atoms with Crippen LogP contribution in [0.1, 0.15) is 30.1 Å². The molecular formula is C17H18N4O. The number of benzene rings is 1. The Labute approximate surface area is 130 Å². The summed E-state index contributed by atoms with van der Waals surface area (Å²) in [7, 11) is 0. The summed E-state index contributed by atoms with van der Waals surface area (Å²) in [5.74, 6) is 0.706. The fraction of sp³-hybridized carbons (Fsp3) is 0.353. The van der Waals surface area contributed by atoms with Crippen molar-refractivity contribution in [2.75, 3.05) is 18.4 Å². The highest BCUT2D eigenvalue weighted by atomic mass is 16.2. The molecule has 1 fully saturated rings. The summed E-state index contributed by atoms with van der Waals surface area (Å²) in [4.78, 5) is 14.4. The highest BCUT2D eigenvalue weighted by molar-refractivity contribution is 5.95. The average molecular weight is 294 g/mol. The van der Waals surface area contributed by atoms with Crippen LogP contribution in [0.25, 0.3) is 0 Å². The van der Waals surface area contributed by atoms with Crippen molar-refractivity contribution in [3.8, 4) is 12.1 Å². The zero-order valence-electron chi connectivity index (χ0n) is 12.5. The van der Waals surface area contributed by atoms with Crippen molar-refractivity contribution in [2.45, 2.75) is 19.8 Å². The van der Waals surface area contributed by atoms with E-state index in [4.69, 9.17) is 10.5 Å². The molecule has 1 amide bonds. The number of likely N-dealkylation sites (tertiary alicyclic amines) is 1. The van der Waals surface area contributed by atoms with Crippen LogP contribution in [0.5, 0.6) is 0 Å². The number of nitrogens with zero attached hydrogens (tertiary/aromatic N) is 3. The van der Waals surface area contributed by atoms with Gasteiger partial charge in [0.05, 0.1) is 0 Å². The number of carbonyl (C=O) groups is 1. The molecule has 0 saturated carbocycles. The molecule has 1 aliphatic heterocycles. The summed E-state index contributed by atoms with van der Waals surface area (Å²) in [6.07, 6.45) is 3.42. The van der Waals surface area contributed by atoms with Gasteiger partial charge in [0.2, 0.25) is 0 Å². The molecule has 22 heavy (non-hydrogen) atoms. The molecule has 112 valence electrons. The number of hydrogen-bond acceptors (Lipinski definition) is 4. The number of hydrogen-bond donors (Lipinski definition) is 1. The van der Waals surface area contributed by atoms with Crippen molar-refractivity contribution < 1.29 is 4.79 Å². The van der Waals surface area contributed by atoms with Gasteiger partial charge in [-0.25, -0.2) is 0 Å². The Morgan fingerprint density at radius 2 is 2.00 bits per heavy atom. The monoisotopic (exact) mass is 294 g/mol. The number of rotatable bonds is 3. The summed E-state index contributed by atoms with van der Waals surface area (Å²) in [6, 6.07) is 10.7. The molecular weight excluding hydrogens is 276 g/mol. The van der Waals surface area contributed by atoms with Crippen LogP contribution in [-0.2, 0) is 0 Å².